The molecular weight excluding hydrogens is 319 g/mol. The maximum absolute atomic E-state index is 13.3. The van der Waals surface area contributed by atoms with Gasteiger partial charge in [-0.25, -0.2) is 4.39 Å². The van der Waals surface area contributed by atoms with Gasteiger partial charge in [0, 0.05) is 38.0 Å². The Morgan fingerprint density at radius 2 is 2.16 bits per heavy atom. The highest BCUT2D eigenvalue weighted by Crippen LogP contribution is 2.23. The van der Waals surface area contributed by atoms with Crippen LogP contribution in [0.25, 0.3) is 0 Å². The molecule has 0 saturated carbocycles. The predicted molar refractivity (Wildman–Crippen MR) is 94.4 cm³/mol. The number of carbonyl (C=O) groups is 2. The Morgan fingerprint density at radius 3 is 2.88 bits per heavy atom. The molecule has 0 bridgehead atoms. The smallest absolute Gasteiger partial charge is 0.225 e. The Hall–Kier alpha value is -1.91. The third-order valence-electron chi connectivity index (χ3n) is 5.44. The first-order valence-corrected chi connectivity index (χ1v) is 9.37. The number of rotatable bonds is 5. The van der Waals surface area contributed by atoms with Gasteiger partial charge in [0.05, 0.1) is 0 Å². The molecule has 2 atom stereocenters. The highest BCUT2D eigenvalue weighted by molar-refractivity contribution is 5.80. The number of nitrogens with zero attached hydrogens (tertiary/aromatic N) is 2. The SMILES string of the molecule is C[C@@H](CCc1cccc(F)c1)C(=O)N1CCC[C@@H](N2CCCC2=O)C1. The number of carbonyl (C=O) groups excluding carboxylic acids is 2. The molecule has 2 aliphatic rings. The molecule has 2 fully saturated rings. The number of hydrogen-bond acceptors (Lipinski definition) is 2. The van der Waals surface area contributed by atoms with Crippen LogP contribution in [0.1, 0.15) is 44.6 Å². The summed E-state index contributed by atoms with van der Waals surface area (Å²) in [5.74, 6) is 0.0770. The molecule has 0 spiro atoms. The van der Waals surface area contributed by atoms with Crippen molar-refractivity contribution in [1.82, 2.24) is 9.80 Å². The number of piperidine rings is 1. The predicted octanol–water partition coefficient (Wildman–Crippen LogP) is 3.01. The second-order valence-electron chi connectivity index (χ2n) is 7.34. The van der Waals surface area contributed by atoms with Gasteiger partial charge in [0.25, 0.3) is 0 Å². The van der Waals surface area contributed by atoms with Crippen LogP contribution in [-0.4, -0.2) is 47.3 Å². The van der Waals surface area contributed by atoms with Crippen LogP contribution < -0.4 is 0 Å². The first-order chi connectivity index (χ1) is 12.0. The molecule has 2 saturated heterocycles. The zero-order valence-corrected chi connectivity index (χ0v) is 14.9. The molecule has 0 aromatic heterocycles. The number of aryl methyl sites for hydroxylation is 1. The lowest BCUT2D eigenvalue weighted by atomic mass is 9.97. The van der Waals surface area contributed by atoms with Gasteiger partial charge in [0.2, 0.25) is 11.8 Å². The first kappa shape index (κ1) is 17.9. The Kier molecular flexibility index (Phi) is 5.71. The Morgan fingerprint density at radius 1 is 1.32 bits per heavy atom. The monoisotopic (exact) mass is 346 g/mol. The van der Waals surface area contributed by atoms with E-state index in [1.165, 1.54) is 12.1 Å². The van der Waals surface area contributed by atoms with E-state index in [1.807, 2.05) is 22.8 Å². The van der Waals surface area contributed by atoms with Gasteiger partial charge in [-0.2, -0.15) is 0 Å². The minimum Gasteiger partial charge on any atom is -0.340 e. The maximum Gasteiger partial charge on any atom is 0.225 e. The summed E-state index contributed by atoms with van der Waals surface area (Å²) in [6.45, 7) is 4.23. The Bertz CT molecular complexity index is 634. The van der Waals surface area contributed by atoms with Gasteiger partial charge in [0.15, 0.2) is 0 Å². The van der Waals surface area contributed by atoms with Crippen LogP contribution in [0.2, 0.25) is 0 Å². The van der Waals surface area contributed by atoms with Crippen molar-refractivity contribution in [2.75, 3.05) is 19.6 Å². The van der Waals surface area contributed by atoms with E-state index in [0.29, 0.717) is 25.8 Å². The number of benzene rings is 1. The molecule has 25 heavy (non-hydrogen) atoms. The molecule has 2 heterocycles. The summed E-state index contributed by atoms with van der Waals surface area (Å²) in [5.41, 5.74) is 0.929. The van der Waals surface area contributed by atoms with E-state index in [9.17, 15) is 14.0 Å². The summed E-state index contributed by atoms with van der Waals surface area (Å²) in [6, 6.07) is 6.76. The number of hydrogen-bond donors (Lipinski definition) is 0. The van der Waals surface area contributed by atoms with Crippen molar-refractivity contribution in [1.29, 1.82) is 0 Å². The lowest BCUT2D eigenvalue weighted by Crippen LogP contribution is -2.51. The number of halogens is 1. The van der Waals surface area contributed by atoms with Crippen molar-refractivity contribution in [3.05, 3.63) is 35.6 Å². The van der Waals surface area contributed by atoms with Gasteiger partial charge in [-0.05, 0) is 49.8 Å². The van der Waals surface area contributed by atoms with Gasteiger partial charge in [-0.15, -0.1) is 0 Å². The lowest BCUT2D eigenvalue weighted by Gasteiger charge is -2.38. The van der Waals surface area contributed by atoms with E-state index < -0.39 is 0 Å². The van der Waals surface area contributed by atoms with E-state index in [0.717, 1.165) is 37.9 Å². The van der Waals surface area contributed by atoms with E-state index in [-0.39, 0.29) is 29.6 Å². The van der Waals surface area contributed by atoms with Crippen molar-refractivity contribution in [3.63, 3.8) is 0 Å². The molecule has 0 radical (unpaired) electrons. The first-order valence-electron chi connectivity index (χ1n) is 9.37. The summed E-state index contributed by atoms with van der Waals surface area (Å²) in [5, 5.41) is 0. The van der Waals surface area contributed by atoms with Crippen LogP contribution in [0.5, 0.6) is 0 Å². The topological polar surface area (TPSA) is 40.6 Å². The molecule has 4 nitrogen and oxygen atoms in total. The van der Waals surface area contributed by atoms with Crippen LogP contribution in [0.4, 0.5) is 4.39 Å². The third kappa shape index (κ3) is 4.39. The van der Waals surface area contributed by atoms with Gasteiger partial charge in [-0.3, -0.25) is 9.59 Å². The lowest BCUT2D eigenvalue weighted by molar-refractivity contribution is -0.140. The van der Waals surface area contributed by atoms with E-state index in [1.54, 1.807) is 6.07 Å². The van der Waals surface area contributed by atoms with Gasteiger partial charge < -0.3 is 9.80 Å². The normalized spacial score (nSPS) is 22.3. The largest absolute Gasteiger partial charge is 0.340 e. The van der Waals surface area contributed by atoms with E-state index >= 15 is 0 Å². The second-order valence-corrected chi connectivity index (χ2v) is 7.34. The molecule has 0 N–H and O–H groups in total. The Balaban J connectivity index is 1.53. The molecule has 0 aliphatic carbocycles. The fourth-order valence-corrected chi connectivity index (χ4v) is 3.98. The zero-order valence-electron chi connectivity index (χ0n) is 14.9. The second kappa shape index (κ2) is 7.98. The Labute approximate surface area is 149 Å². The zero-order chi connectivity index (χ0) is 17.8. The van der Waals surface area contributed by atoms with E-state index in [2.05, 4.69) is 0 Å². The molecule has 1 aromatic rings. The summed E-state index contributed by atoms with van der Waals surface area (Å²) in [4.78, 5) is 28.6. The van der Waals surface area contributed by atoms with Crippen LogP contribution >= 0.6 is 0 Å². The highest BCUT2D eigenvalue weighted by atomic mass is 19.1. The van der Waals surface area contributed by atoms with Crippen molar-refractivity contribution >= 4 is 11.8 Å². The van der Waals surface area contributed by atoms with Crippen LogP contribution in [0.3, 0.4) is 0 Å². The summed E-state index contributed by atoms with van der Waals surface area (Å²) < 4.78 is 13.3. The maximum atomic E-state index is 13.3. The van der Waals surface area contributed by atoms with Crippen LogP contribution in [0.15, 0.2) is 24.3 Å². The van der Waals surface area contributed by atoms with Gasteiger partial charge in [0.1, 0.15) is 5.82 Å². The molecule has 3 rings (SSSR count). The quantitative estimate of drug-likeness (QED) is 0.822. The van der Waals surface area contributed by atoms with Crippen molar-refractivity contribution < 1.29 is 14.0 Å². The molecular formula is C20H27FN2O2. The van der Waals surface area contributed by atoms with Crippen molar-refractivity contribution in [3.8, 4) is 0 Å². The van der Waals surface area contributed by atoms with Crippen LogP contribution in [0, 0.1) is 11.7 Å². The molecule has 1 aromatic carbocycles. The number of likely N-dealkylation sites (tertiary alicyclic amines) is 2. The summed E-state index contributed by atoms with van der Waals surface area (Å²) in [7, 11) is 0. The summed E-state index contributed by atoms with van der Waals surface area (Å²) in [6.07, 6.45) is 4.95. The summed E-state index contributed by atoms with van der Waals surface area (Å²) >= 11 is 0. The molecule has 5 heteroatoms. The molecule has 0 unspecified atom stereocenters. The number of amides is 2. The minimum absolute atomic E-state index is 0.0868. The van der Waals surface area contributed by atoms with Gasteiger partial charge >= 0.3 is 0 Å². The third-order valence-corrected chi connectivity index (χ3v) is 5.44. The van der Waals surface area contributed by atoms with Crippen LogP contribution in [-0.2, 0) is 16.0 Å². The average molecular weight is 346 g/mol. The standard InChI is InChI=1S/C20H27FN2O2/c1-15(9-10-16-5-2-6-17(21)13-16)20(25)22-11-3-7-18(14-22)23-12-4-8-19(23)24/h2,5-6,13,15,18H,3-4,7-12,14H2,1H3/t15-,18+/m0/s1. The fraction of sp³-hybridized carbons (Fsp3) is 0.600. The average Bonchev–Trinajstić information content (AvgIpc) is 3.05. The molecule has 2 aliphatic heterocycles. The van der Waals surface area contributed by atoms with E-state index in [4.69, 9.17) is 0 Å². The van der Waals surface area contributed by atoms with Gasteiger partial charge in [-0.1, -0.05) is 19.1 Å². The minimum atomic E-state index is -0.231. The molecule has 2 amide bonds. The van der Waals surface area contributed by atoms with Crippen molar-refractivity contribution in [2.24, 2.45) is 5.92 Å². The highest BCUT2D eigenvalue weighted by Gasteiger charge is 2.33. The van der Waals surface area contributed by atoms with Crippen molar-refractivity contribution in [2.45, 2.75) is 51.5 Å². The fourth-order valence-electron chi connectivity index (χ4n) is 3.98. The molecule has 136 valence electrons.